The first-order chi connectivity index (χ1) is 9.17. The molecule has 1 aromatic carbocycles. The molecule has 0 aliphatic heterocycles. The van der Waals surface area contributed by atoms with Crippen molar-refractivity contribution in [3.05, 3.63) is 54.1 Å². The summed E-state index contributed by atoms with van der Waals surface area (Å²) >= 11 is 0. The summed E-state index contributed by atoms with van der Waals surface area (Å²) in [6.45, 7) is 4.30. The van der Waals surface area contributed by atoms with E-state index in [1.807, 2.05) is 19.9 Å². The average Bonchev–Trinajstić information content (AvgIpc) is 2.39. The summed E-state index contributed by atoms with van der Waals surface area (Å²) in [4.78, 5) is 23.2. The van der Waals surface area contributed by atoms with Gasteiger partial charge in [-0.25, -0.2) is 0 Å². The smallest absolute Gasteiger partial charge is 0.251 e. The Balaban J connectivity index is 2.72. The number of allylic oxidation sites excluding steroid dienone is 3. The largest absolute Gasteiger partial charge is 0.352 e. The van der Waals surface area contributed by atoms with Gasteiger partial charge in [0.15, 0.2) is 0 Å². The van der Waals surface area contributed by atoms with Crippen LogP contribution < -0.4 is 10.6 Å². The monoisotopic (exact) mass is 258 g/mol. The minimum absolute atomic E-state index is 0.150. The highest BCUT2D eigenvalue weighted by atomic mass is 16.2. The zero-order chi connectivity index (χ0) is 14.1. The highest BCUT2D eigenvalue weighted by Crippen LogP contribution is 2.10. The second kappa shape index (κ2) is 7.87. The van der Waals surface area contributed by atoms with Crippen molar-refractivity contribution >= 4 is 17.5 Å². The molecule has 19 heavy (non-hydrogen) atoms. The molecule has 0 spiro atoms. The maximum absolute atomic E-state index is 11.6. The van der Waals surface area contributed by atoms with E-state index in [-0.39, 0.29) is 11.8 Å². The Labute approximate surface area is 113 Å². The molecule has 0 aliphatic carbocycles. The van der Waals surface area contributed by atoms with Crippen LogP contribution in [0.15, 0.2) is 48.6 Å². The second-order valence-electron chi connectivity index (χ2n) is 3.81. The fraction of sp³-hybridized carbons (Fsp3) is 0.200. The van der Waals surface area contributed by atoms with Gasteiger partial charge < -0.3 is 10.6 Å². The van der Waals surface area contributed by atoms with Crippen LogP contribution in [0.2, 0.25) is 0 Å². The van der Waals surface area contributed by atoms with E-state index in [2.05, 4.69) is 10.6 Å². The first-order valence-corrected chi connectivity index (χ1v) is 6.16. The first kappa shape index (κ1) is 14.7. The lowest BCUT2D eigenvalue weighted by Gasteiger charge is -2.05. The van der Waals surface area contributed by atoms with E-state index in [0.29, 0.717) is 17.8 Å². The van der Waals surface area contributed by atoms with Crippen molar-refractivity contribution in [1.29, 1.82) is 0 Å². The predicted molar refractivity (Wildman–Crippen MR) is 77.0 cm³/mol. The van der Waals surface area contributed by atoms with Gasteiger partial charge in [-0.2, -0.15) is 0 Å². The van der Waals surface area contributed by atoms with Gasteiger partial charge in [-0.3, -0.25) is 9.59 Å². The molecule has 0 saturated carbocycles. The second-order valence-corrected chi connectivity index (χ2v) is 3.81. The number of hydrogen-bond donors (Lipinski definition) is 2. The number of carbonyl (C=O) groups is 2. The van der Waals surface area contributed by atoms with E-state index in [1.165, 1.54) is 6.08 Å². The van der Waals surface area contributed by atoms with Gasteiger partial charge in [0.25, 0.3) is 5.91 Å². The van der Waals surface area contributed by atoms with E-state index in [0.717, 1.165) is 0 Å². The molecule has 4 nitrogen and oxygen atoms in total. The zero-order valence-corrected chi connectivity index (χ0v) is 11.1. The Morgan fingerprint density at radius 3 is 2.74 bits per heavy atom. The van der Waals surface area contributed by atoms with Crippen LogP contribution in [0.1, 0.15) is 24.2 Å². The minimum Gasteiger partial charge on any atom is -0.352 e. The molecule has 0 heterocycles. The summed E-state index contributed by atoms with van der Waals surface area (Å²) in [5.41, 5.74) is 1.12. The molecule has 4 heteroatoms. The maximum Gasteiger partial charge on any atom is 0.251 e. The first-order valence-electron chi connectivity index (χ1n) is 6.16. The van der Waals surface area contributed by atoms with Crippen molar-refractivity contribution in [2.75, 3.05) is 11.9 Å². The van der Waals surface area contributed by atoms with Crippen molar-refractivity contribution < 1.29 is 9.59 Å². The van der Waals surface area contributed by atoms with Crippen molar-refractivity contribution in [3.8, 4) is 0 Å². The fourth-order valence-electron chi connectivity index (χ4n) is 1.44. The van der Waals surface area contributed by atoms with Crippen LogP contribution in [-0.2, 0) is 4.79 Å². The standard InChI is InChI=1S/C15H18N2O2/c1-3-5-6-10-14(18)17-13-9-7-8-12(11-13)15(19)16-4-2/h3,5-11H,4H2,1-2H3,(H,16,19)(H,17,18). The Morgan fingerprint density at radius 2 is 2.05 bits per heavy atom. The van der Waals surface area contributed by atoms with Crippen LogP contribution in [0.3, 0.4) is 0 Å². The van der Waals surface area contributed by atoms with E-state index in [9.17, 15) is 9.59 Å². The van der Waals surface area contributed by atoms with Crippen LogP contribution in [0.4, 0.5) is 5.69 Å². The summed E-state index contributed by atoms with van der Waals surface area (Å²) in [7, 11) is 0. The molecule has 0 fully saturated rings. The molecule has 100 valence electrons. The number of anilines is 1. The normalized spacial score (nSPS) is 10.8. The van der Waals surface area contributed by atoms with Crippen molar-refractivity contribution in [1.82, 2.24) is 5.32 Å². The molecule has 0 radical (unpaired) electrons. The van der Waals surface area contributed by atoms with Gasteiger partial charge in [0.05, 0.1) is 0 Å². The summed E-state index contributed by atoms with van der Waals surface area (Å²) in [5.74, 6) is -0.380. The number of rotatable bonds is 5. The molecule has 0 aromatic heterocycles. The SMILES string of the molecule is CC=CC=CC(=O)Nc1cccc(C(=O)NCC)c1. The Morgan fingerprint density at radius 1 is 1.26 bits per heavy atom. The number of benzene rings is 1. The summed E-state index contributed by atoms with van der Waals surface area (Å²) in [6, 6.07) is 6.82. The molecule has 1 aromatic rings. The molecule has 0 unspecified atom stereocenters. The lowest BCUT2D eigenvalue weighted by Crippen LogP contribution is -2.22. The number of hydrogen-bond acceptors (Lipinski definition) is 2. The van der Waals surface area contributed by atoms with Crippen LogP contribution in [-0.4, -0.2) is 18.4 Å². The van der Waals surface area contributed by atoms with Crippen LogP contribution in [0.5, 0.6) is 0 Å². The van der Waals surface area contributed by atoms with Gasteiger partial charge >= 0.3 is 0 Å². The lowest BCUT2D eigenvalue weighted by atomic mass is 10.2. The highest BCUT2D eigenvalue weighted by Gasteiger charge is 2.05. The zero-order valence-electron chi connectivity index (χ0n) is 11.1. The molecular formula is C15H18N2O2. The van der Waals surface area contributed by atoms with Gasteiger partial charge in [-0.15, -0.1) is 0 Å². The molecule has 0 saturated heterocycles. The van der Waals surface area contributed by atoms with Gasteiger partial charge in [0.1, 0.15) is 0 Å². The lowest BCUT2D eigenvalue weighted by molar-refractivity contribution is -0.111. The van der Waals surface area contributed by atoms with E-state index >= 15 is 0 Å². The number of amides is 2. The van der Waals surface area contributed by atoms with Crippen LogP contribution in [0, 0.1) is 0 Å². The summed E-state index contributed by atoms with van der Waals surface area (Å²) in [5, 5.41) is 5.41. The van der Waals surface area contributed by atoms with Crippen LogP contribution >= 0.6 is 0 Å². The van der Waals surface area contributed by atoms with E-state index in [4.69, 9.17) is 0 Å². The van der Waals surface area contributed by atoms with Crippen molar-refractivity contribution in [2.24, 2.45) is 0 Å². The van der Waals surface area contributed by atoms with Gasteiger partial charge in [0.2, 0.25) is 5.91 Å². The van der Waals surface area contributed by atoms with E-state index < -0.39 is 0 Å². The third-order valence-electron chi connectivity index (χ3n) is 2.28. The van der Waals surface area contributed by atoms with Gasteiger partial charge in [0, 0.05) is 23.9 Å². The topological polar surface area (TPSA) is 58.2 Å². The van der Waals surface area contributed by atoms with Crippen molar-refractivity contribution in [3.63, 3.8) is 0 Å². The highest BCUT2D eigenvalue weighted by molar-refractivity contribution is 6.01. The molecule has 0 bridgehead atoms. The third kappa shape index (κ3) is 5.21. The summed E-state index contributed by atoms with van der Waals surface area (Å²) < 4.78 is 0. The predicted octanol–water partition coefficient (Wildman–Crippen LogP) is 2.51. The van der Waals surface area contributed by atoms with Crippen LogP contribution in [0.25, 0.3) is 0 Å². The van der Waals surface area contributed by atoms with Crippen molar-refractivity contribution in [2.45, 2.75) is 13.8 Å². The number of carbonyl (C=O) groups excluding carboxylic acids is 2. The van der Waals surface area contributed by atoms with Gasteiger partial charge in [-0.1, -0.05) is 24.3 Å². The Bertz CT molecular complexity index is 505. The quantitative estimate of drug-likeness (QED) is 0.629. The molecule has 1 rings (SSSR count). The molecule has 2 amide bonds. The molecular weight excluding hydrogens is 240 g/mol. The average molecular weight is 258 g/mol. The Hall–Kier alpha value is -2.36. The number of nitrogens with one attached hydrogen (secondary N) is 2. The fourth-order valence-corrected chi connectivity index (χ4v) is 1.44. The Kier molecular flexibility index (Phi) is 6.09. The van der Waals surface area contributed by atoms with E-state index in [1.54, 1.807) is 36.4 Å². The van der Waals surface area contributed by atoms with Gasteiger partial charge in [-0.05, 0) is 32.0 Å². The molecule has 0 aliphatic rings. The summed E-state index contributed by atoms with van der Waals surface area (Å²) in [6.07, 6.45) is 6.69. The third-order valence-corrected chi connectivity index (χ3v) is 2.28. The molecule has 2 N–H and O–H groups in total. The maximum atomic E-state index is 11.6. The molecule has 0 atom stereocenters. The minimum atomic E-state index is -0.230.